The van der Waals surface area contributed by atoms with Gasteiger partial charge < -0.3 is 4.90 Å². The van der Waals surface area contributed by atoms with Gasteiger partial charge in [-0.1, -0.05) is 12.5 Å². The molecule has 140 valence electrons. The Labute approximate surface area is 157 Å². The van der Waals surface area contributed by atoms with Crippen LogP contribution in [0.3, 0.4) is 0 Å². The van der Waals surface area contributed by atoms with Crippen molar-refractivity contribution in [2.75, 3.05) is 20.1 Å². The number of carbonyl (C=O) groups is 1. The molecule has 1 aromatic heterocycles. The smallest absolute Gasteiger partial charge is 0.253 e. The van der Waals surface area contributed by atoms with Crippen molar-refractivity contribution >= 4 is 27.3 Å². The third-order valence-electron chi connectivity index (χ3n) is 4.43. The van der Waals surface area contributed by atoms with Crippen LogP contribution in [0.15, 0.2) is 40.6 Å². The molecule has 1 amide bonds. The van der Waals surface area contributed by atoms with E-state index in [2.05, 4.69) is 0 Å². The summed E-state index contributed by atoms with van der Waals surface area (Å²) in [7, 11) is -2.29. The Bertz CT molecular complexity index is 876. The molecule has 5 nitrogen and oxygen atoms in total. The lowest BCUT2D eigenvalue weighted by Gasteiger charge is -2.26. The Morgan fingerprint density at radius 3 is 2.62 bits per heavy atom. The minimum Gasteiger partial charge on any atom is -0.337 e. The molecule has 0 bridgehead atoms. The van der Waals surface area contributed by atoms with Gasteiger partial charge in [-0.3, -0.25) is 4.79 Å². The van der Waals surface area contributed by atoms with E-state index in [4.69, 9.17) is 0 Å². The first-order valence-corrected chi connectivity index (χ1v) is 10.8. The molecule has 0 saturated carbocycles. The molecule has 1 fully saturated rings. The van der Waals surface area contributed by atoms with Crippen molar-refractivity contribution in [3.8, 4) is 0 Å². The molecule has 2 heterocycles. The van der Waals surface area contributed by atoms with Crippen molar-refractivity contribution in [3.05, 3.63) is 52.0 Å². The van der Waals surface area contributed by atoms with E-state index in [0.29, 0.717) is 19.6 Å². The number of rotatable bonds is 5. The minimum atomic E-state index is -3.93. The van der Waals surface area contributed by atoms with Gasteiger partial charge in [0.1, 0.15) is 10.7 Å². The topological polar surface area (TPSA) is 57.7 Å². The third kappa shape index (κ3) is 3.97. The second kappa shape index (κ2) is 7.85. The fourth-order valence-corrected chi connectivity index (χ4v) is 5.37. The Balaban J connectivity index is 1.86. The number of nitrogens with zero attached hydrogens (tertiary/aromatic N) is 2. The quantitative estimate of drug-likeness (QED) is 0.779. The standard InChI is InChI=1S/C18H21FN2O3S2/c1-20(13-15-6-5-11-25-15)18(22)14-7-8-16(19)17(12-14)26(23,24)21-9-3-2-4-10-21/h5-8,11-12H,2-4,9-10,13H2,1H3. The first-order chi connectivity index (χ1) is 12.4. The maximum atomic E-state index is 14.3. The maximum Gasteiger partial charge on any atom is 0.253 e. The number of piperidine rings is 1. The molecule has 2 aromatic rings. The molecule has 0 unspecified atom stereocenters. The van der Waals surface area contributed by atoms with Gasteiger partial charge in [-0.15, -0.1) is 11.3 Å². The van der Waals surface area contributed by atoms with Gasteiger partial charge in [-0.05, 0) is 42.5 Å². The van der Waals surface area contributed by atoms with Crippen molar-refractivity contribution in [3.63, 3.8) is 0 Å². The van der Waals surface area contributed by atoms with Crippen LogP contribution in [0.25, 0.3) is 0 Å². The molecule has 0 N–H and O–H groups in total. The summed E-state index contributed by atoms with van der Waals surface area (Å²) in [6.45, 7) is 1.19. The van der Waals surface area contributed by atoms with Crippen LogP contribution in [-0.2, 0) is 16.6 Å². The number of halogens is 1. The van der Waals surface area contributed by atoms with E-state index in [-0.39, 0.29) is 11.5 Å². The molecule has 0 spiro atoms. The van der Waals surface area contributed by atoms with Crippen molar-refractivity contribution in [2.45, 2.75) is 30.7 Å². The fraction of sp³-hybridized carbons (Fsp3) is 0.389. The summed E-state index contributed by atoms with van der Waals surface area (Å²) in [4.78, 5) is 14.7. The zero-order chi connectivity index (χ0) is 18.7. The average Bonchev–Trinajstić information content (AvgIpc) is 3.15. The monoisotopic (exact) mass is 396 g/mol. The van der Waals surface area contributed by atoms with E-state index in [0.717, 1.165) is 36.3 Å². The lowest BCUT2D eigenvalue weighted by atomic mass is 10.2. The third-order valence-corrected chi connectivity index (χ3v) is 7.21. The van der Waals surface area contributed by atoms with Crippen LogP contribution in [0, 0.1) is 5.82 Å². The van der Waals surface area contributed by atoms with E-state index >= 15 is 0 Å². The first-order valence-electron chi connectivity index (χ1n) is 8.47. The molecular formula is C18H21FN2O3S2. The number of thiophene rings is 1. The van der Waals surface area contributed by atoms with Gasteiger partial charge in [0.15, 0.2) is 0 Å². The number of hydrogen-bond acceptors (Lipinski definition) is 4. The summed E-state index contributed by atoms with van der Waals surface area (Å²) >= 11 is 1.54. The highest BCUT2D eigenvalue weighted by Gasteiger charge is 2.29. The van der Waals surface area contributed by atoms with Crippen molar-refractivity contribution in [1.29, 1.82) is 0 Å². The summed E-state index contributed by atoms with van der Waals surface area (Å²) in [5.41, 5.74) is 0.168. The summed E-state index contributed by atoms with van der Waals surface area (Å²) in [6.07, 6.45) is 2.51. The summed E-state index contributed by atoms with van der Waals surface area (Å²) in [5.74, 6) is -1.17. The Hall–Kier alpha value is -1.77. The fourth-order valence-electron chi connectivity index (χ4n) is 3.01. The molecular weight excluding hydrogens is 375 g/mol. The minimum absolute atomic E-state index is 0.168. The van der Waals surface area contributed by atoms with Gasteiger partial charge in [0.25, 0.3) is 5.91 Å². The largest absolute Gasteiger partial charge is 0.337 e. The zero-order valence-corrected chi connectivity index (χ0v) is 16.2. The highest BCUT2D eigenvalue weighted by Crippen LogP contribution is 2.24. The molecule has 0 radical (unpaired) electrons. The van der Waals surface area contributed by atoms with Crippen LogP contribution < -0.4 is 0 Å². The second-order valence-corrected chi connectivity index (χ2v) is 9.29. The van der Waals surface area contributed by atoms with E-state index in [1.54, 1.807) is 7.05 Å². The van der Waals surface area contributed by atoms with E-state index < -0.39 is 20.7 Å². The number of amides is 1. The predicted octanol–water partition coefficient (Wildman–Crippen LogP) is 3.33. The van der Waals surface area contributed by atoms with Crippen molar-refractivity contribution in [2.24, 2.45) is 0 Å². The van der Waals surface area contributed by atoms with Gasteiger partial charge in [0, 0.05) is 30.6 Å². The molecule has 1 aliphatic rings. The van der Waals surface area contributed by atoms with Crippen LogP contribution in [0.4, 0.5) is 4.39 Å². The number of benzene rings is 1. The van der Waals surface area contributed by atoms with E-state index in [1.807, 2.05) is 17.5 Å². The second-order valence-electron chi connectivity index (χ2n) is 6.35. The molecule has 0 aliphatic carbocycles. The van der Waals surface area contributed by atoms with Crippen LogP contribution in [0.1, 0.15) is 34.5 Å². The molecule has 26 heavy (non-hydrogen) atoms. The number of sulfonamides is 1. The summed E-state index contributed by atoms with van der Waals surface area (Å²) in [5, 5.41) is 1.93. The van der Waals surface area contributed by atoms with Gasteiger partial charge >= 0.3 is 0 Å². The molecule has 1 aromatic carbocycles. The SMILES string of the molecule is CN(Cc1cccs1)C(=O)c1ccc(F)c(S(=O)(=O)N2CCCCC2)c1. The maximum absolute atomic E-state index is 14.3. The van der Waals surface area contributed by atoms with Gasteiger partial charge in [-0.25, -0.2) is 12.8 Å². The van der Waals surface area contributed by atoms with E-state index in [9.17, 15) is 17.6 Å². The summed E-state index contributed by atoms with van der Waals surface area (Å²) in [6, 6.07) is 7.37. The van der Waals surface area contributed by atoms with Gasteiger partial charge in [0.2, 0.25) is 10.0 Å². The van der Waals surface area contributed by atoms with Crippen LogP contribution in [0.2, 0.25) is 0 Å². The number of hydrogen-bond donors (Lipinski definition) is 0. The zero-order valence-electron chi connectivity index (χ0n) is 14.5. The highest BCUT2D eigenvalue weighted by atomic mass is 32.2. The highest BCUT2D eigenvalue weighted by molar-refractivity contribution is 7.89. The normalized spacial score (nSPS) is 15.8. The Morgan fingerprint density at radius 2 is 1.96 bits per heavy atom. The molecule has 3 rings (SSSR count). The van der Waals surface area contributed by atoms with Crippen LogP contribution in [-0.4, -0.2) is 43.7 Å². The van der Waals surface area contributed by atoms with Gasteiger partial charge in [-0.2, -0.15) is 4.31 Å². The van der Waals surface area contributed by atoms with Crippen molar-refractivity contribution < 1.29 is 17.6 Å². The first kappa shape index (κ1) is 19.0. The van der Waals surface area contributed by atoms with Crippen LogP contribution in [0.5, 0.6) is 0 Å². The van der Waals surface area contributed by atoms with Crippen molar-refractivity contribution in [1.82, 2.24) is 9.21 Å². The number of carbonyl (C=O) groups excluding carboxylic acids is 1. The Kier molecular flexibility index (Phi) is 5.74. The lowest BCUT2D eigenvalue weighted by Crippen LogP contribution is -2.36. The molecule has 0 atom stereocenters. The van der Waals surface area contributed by atoms with Crippen LogP contribution >= 0.6 is 11.3 Å². The lowest BCUT2D eigenvalue weighted by molar-refractivity contribution is 0.0786. The van der Waals surface area contributed by atoms with Gasteiger partial charge in [0.05, 0.1) is 6.54 Å². The van der Waals surface area contributed by atoms with E-state index in [1.165, 1.54) is 26.6 Å². The summed E-state index contributed by atoms with van der Waals surface area (Å²) < 4.78 is 41.1. The predicted molar refractivity (Wildman–Crippen MR) is 99.1 cm³/mol. The molecule has 8 heteroatoms. The Morgan fingerprint density at radius 1 is 1.23 bits per heavy atom. The average molecular weight is 397 g/mol. The molecule has 1 aliphatic heterocycles. The molecule has 1 saturated heterocycles.